The van der Waals surface area contributed by atoms with E-state index < -0.39 is 132 Å². The number of nitrogens with one attached hydrogen (secondary N) is 7. The second kappa shape index (κ2) is 25.1. The Balaban J connectivity index is 0.684. The van der Waals surface area contributed by atoms with Crippen LogP contribution < -0.4 is 42.8 Å². The third-order valence-corrected chi connectivity index (χ3v) is 16.5. The van der Waals surface area contributed by atoms with Gasteiger partial charge < -0.3 is 61.3 Å². The van der Waals surface area contributed by atoms with Crippen molar-refractivity contribution in [2.24, 2.45) is 5.92 Å². The SMILES string of the molecule is CC[C@@]1(O)C(=O)OCc2c1cc1n(c2=O)Cc2c-1nc1cc(F)c(C)c3c1c2[C@@H](NC(=O)C1CC1NC(=O)[C@@H]1CCCN1C(=O)CNC(=O)CNC(=O)[C@H](Cc1ccccc1)NC(=O)CNC(=O)CNC(=O)CCOCCN1C(=O)C=CC1=O)CC3. The first-order valence-corrected chi connectivity index (χ1v) is 28.5. The van der Waals surface area contributed by atoms with Gasteiger partial charge in [-0.2, -0.15) is 0 Å². The van der Waals surface area contributed by atoms with Crippen molar-refractivity contribution in [2.75, 3.05) is 52.5 Å². The number of likely N-dealkylation sites (tertiary alicyclic amines) is 1. The van der Waals surface area contributed by atoms with Gasteiger partial charge in [0.1, 0.15) is 24.5 Å². The Morgan fingerprint density at radius 2 is 1.55 bits per heavy atom. The number of fused-ring (bicyclic) bond motifs is 5. The highest BCUT2D eigenvalue weighted by Gasteiger charge is 2.49. The van der Waals surface area contributed by atoms with Crippen molar-refractivity contribution in [1.82, 2.24) is 56.6 Å². The van der Waals surface area contributed by atoms with Gasteiger partial charge in [-0.05, 0) is 73.8 Å². The number of aromatic nitrogens is 2. The van der Waals surface area contributed by atoms with Crippen molar-refractivity contribution < 1.29 is 71.7 Å². The number of benzene rings is 2. The number of imide groups is 1. The number of aryl methyl sites for hydroxylation is 1. The maximum atomic E-state index is 15.5. The van der Waals surface area contributed by atoms with E-state index in [0.29, 0.717) is 76.6 Å². The molecule has 1 saturated carbocycles. The van der Waals surface area contributed by atoms with Crippen LogP contribution in [-0.2, 0) is 93.8 Å². The fourth-order valence-corrected chi connectivity index (χ4v) is 11.8. The minimum atomic E-state index is -2.06. The van der Waals surface area contributed by atoms with Gasteiger partial charge in [0.2, 0.25) is 47.3 Å². The molecule has 6 atom stereocenters. The summed E-state index contributed by atoms with van der Waals surface area (Å²) >= 11 is 0. The number of aliphatic hydroxyl groups is 1. The minimum Gasteiger partial charge on any atom is -0.458 e. The summed E-state index contributed by atoms with van der Waals surface area (Å²) in [4.78, 5) is 163. The predicted octanol–water partition coefficient (Wildman–Crippen LogP) is -1.35. The molecule has 0 bridgehead atoms. The highest BCUT2D eigenvalue weighted by molar-refractivity contribution is 6.13. The Kier molecular flexibility index (Phi) is 17.5. The van der Waals surface area contributed by atoms with Crippen LogP contribution in [0.5, 0.6) is 0 Å². The topological polar surface area (TPSA) is 352 Å². The van der Waals surface area contributed by atoms with Gasteiger partial charge in [-0.25, -0.2) is 14.2 Å². The normalized spacial score (nSPS) is 20.7. The maximum Gasteiger partial charge on any atom is 0.343 e. The Bertz CT molecular complexity index is 3590. The van der Waals surface area contributed by atoms with Crippen molar-refractivity contribution in [3.63, 3.8) is 0 Å². The van der Waals surface area contributed by atoms with Crippen LogP contribution in [0.1, 0.15) is 90.4 Å². The molecule has 26 nitrogen and oxygen atoms in total. The first kappa shape index (κ1) is 59.9. The van der Waals surface area contributed by atoms with Crippen molar-refractivity contribution in [1.29, 1.82) is 0 Å². The number of ether oxygens (including phenoxy) is 2. The number of pyridine rings is 2. The maximum absolute atomic E-state index is 15.5. The number of carbonyl (C=O) groups is 11. The number of hydrogen-bond acceptors (Lipinski definition) is 16. The molecule has 0 radical (unpaired) electrons. The fourth-order valence-electron chi connectivity index (χ4n) is 11.8. The molecule has 1 saturated heterocycles. The zero-order chi connectivity index (χ0) is 61.1. The molecule has 452 valence electrons. The first-order chi connectivity index (χ1) is 41.2. The van der Waals surface area contributed by atoms with Crippen LogP contribution in [0.3, 0.4) is 0 Å². The second-order valence-electron chi connectivity index (χ2n) is 22.0. The second-order valence-corrected chi connectivity index (χ2v) is 22.0. The molecule has 2 aromatic carbocycles. The standard InChI is InChI=1S/C59H64FN11O15/c1-3-59(84)36-22-43-53-34(28-71(43)57(82)35(36)29-86-58(59)83)52-38(12-11-32-30(2)37(60)23-40(66-53)51(32)52)67-54(79)33-21-39(33)68-56(81)42-10-7-16-69(42)50(78)27-63-46(74)25-64-55(80)41(20-31-8-5-4-6-9-31)65-47(75)26-62-45(73)24-61-44(72)15-18-85-19-17-70-48(76)13-14-49(70)77/h4-6,8-9,13-14,22-23,33,38-39,41-42,84H,3,7,10-12,15-21,24-29H2,1-2H3,(H,61,72)(H,62,73)(H,63,74)(H,64,80)(H,65,75)(H,67,79)(H,68,81)/t33?,38-,39?,41-,42-,59-/m0/s1. The van der Waals surface area contributed by atoms with Crippen molar-refractivity contribution in [3.8, 4) is 11.4 Å². The molecule has 4 aliphatic heterocycles. The van der Waals surface area contributed by atoms with E-state index in [2.05, 4.69) is 37.2 Å². The number of cyclic esters (lactones) is 1. The van der Waals surface area contributed by atoms with Crippen molar-refractivity contribution in [3.05, 3.63) is 110 Å². The van der Waals surface area contributed by atoms with Gasteiger partial charge in [0, 0.05) is 60.2 Å². The van der Waals surface area contributed by atoms with Crippen LogP contribution in [0.25, 0.3) is 22.3 Å². The van der Waals surface area contributed by atoms with E-state index in [4.69, 9.17) is 14.5 Å². The summed E-state index contributed by atoms with van der Waals surface area (Å²) < 4.78 is 27.5. The monoisotopic (exact) mass is 1190 g/mol. The van der Waals surface area contributed by atoms with E-state index in [1.54, 1.807) is 50.2 Å². The Morgan fingerprint density at radius 1 is 0.837 bits per heavy atom. The highest BCUT2D eigenvalue weighted by Crippen LogP contribution is 2.46. The third-order valence-electron chi connectivity index (χ3n) is 16.5. The van der Waals surface area contributed by atoms with Crippen LogP contribution >= 0.6 is 0 Å². The predicted molar refractivity (Wildman–Crippen MR) is 299 cm³/mol. The molecule has 6 heterocycles. The number of hydrogen-bond donors (Lipinski definition) is 8. The lowest BCUT2D eigenvalue weighted by atomic mass is 9.81. The molecule has 0 spiro atoms. The van der Waals surface area contributed by atoms with E-state index in [-0.39, 0.29) is 75.8 Å². The summed E-state index contributed by atoms with van der Waals surface area (Å²) in [7, 11) is 0. The van der Waals surface area contributed by atoms with Gasteiger partial charge in [0.15, 0.2) is 5.60 Å². The summed E-state index contributed by atoms with van der Waals surface area (Å²) in [5, 5.41) is 30.4. The zero-order valence-electron chi connectivity index (χ0n) is 47.1. The molecule has 2 unspecified atom stereocenters. The summed E-state index contributed by atoms with van der Waals surface area (Å²) in [6, 6.07) is 8.32. The fraction of sp³-hybridized carbons (Fsp3) is 0.441. The lowest BCUT2D eigenvalue weighted by Gasteiger charge is -2.31. The number of rotatable bonds is 23. The highest BCUT2D eigenvalue weighted by atomic mass is 19.1. The molecule has 86 heavy (non-hydrogen) atoms. The van der Waals surface area contributed by atoms with E-state index in [1.807, 2.05) is 0 Å². The number of halogens is 1. The summed E-state index contributed by atoms with van der Waals surface area (Å²) in [6.07, 6.45) is 4.05. The van der Waals surface area contributed by atoms with E-state index in [9.17, 15) is 62.6 Å². The average Bonchev–Trinajstić information content (AvgIpc) is 1.47. The molecule has 2 aromatic heterocycles. The molecule has 8 N–H and O–H groups in total. The van der Waals surface area contributed by atoms with Gasteiger partial charge in [0.05, 0.1) is 86.9 Å². The molecule has 4 aromatic rings. The van der Waals surface area contributed by atoms with Crippen LogP contribution in [0.4, 0.5) is 4.39 Å². The summed E-state index contributed by atoms with van der Waals surface area (Å²) in [5.41, 5.74) is 1.93. The number of carbonyl (C=O) groups excluding carboxylic acids is 11. The van der Waals surface area contributed by atoms with Crippen molar-refractivity contribution >= 4 is 75.9 Å². The van der Waals surface area contributed by atoms with Crippen molar-refractivity contribution in [2.45, 2.75) is 108 Å². The third kappa shape index (κ3) is 12.4. The van der Waals surface area contributed by atoms with Gasteiger partial charge in [-0.1, -0.05) is 37.3 Å². The lowest BCUT2D eigenvalue weighted by Crippen LogP contribution is -2.53. The van der Waals surface area contributed by atoms with Gasteiger partial charge in [-0.3, -0.25) is 57.6 Å². The smallest absolute Gasteiger partial charge is 0.343 e. The Morgan fingerprint density at radius 3 is 2.29 bits per heavy atom. The number of amides is 10. The van der Waals surface area contributed by atoms with Gasteiger partial charge >= 0.3 is 5.97 Å². The number of nitrogens with zero attached hydrogens (tertiary/aromatic N) is 4. The number of esters is 1. The zero-order valence-corrected chi connectivity index (χ0v) is 47.1. The molecule has 27 heteroatoms. The first-order valence-electron chi connectivity index (χ1n) is 28.5. The summed E-state index contributed by atoms with van der Waals surface area (Å²) in [5.74, 6) is -7.73. The van der Waals surface area contributed by atoms with E-state index in [0.717, 1.165) is 22.6 Å². The largest absolute Gasteiger partial charge is 0.458 e. The Labute approximate surface area is 490 Å². The van der Waals surface area contributed by atoms with Gasteiger partial charge in [-0.15, -0.1) is 0 Å². The minimum absolute atomic E-state index is 0.00300. The molecular formula is C59H64FN11O15. The van der Waals surface area contributed by atoms with E-state index >= 15 is 4.39 Å². The van der Waals surface area contributed by atoms with Crippen LogP contribution in [-0.4, -0.2) is 160 Å². The molecule has 10 rings (SSSR count). The lowest BCUT2D eigenvalue weighted by molar-refractivity contribution is -0.172. The van der Waals surface area contributed by atoms with Gasteiger partial charge in [0.25, 0.3) is 17.4 Å². The molecule has 10 amide bonds. The van der Waals surface area contributed by atoms with Crippen LogP contribution in [0, 0.1) is 18.7 Å². The molecule has 6 aliphatic rings. The average molecular weight is 1190 g/mol. The van der Waals surface area contributed by atoms with Crippen LogP contribution in [0.15, 0.2) is 59.4 Å². The summed E-state index contributed by atoms with van der Waals surface area (Å²) in [6.45, 7) is 1.10. The quantitative estimate of drug-likeness (QED) is 0.0213. The van der Waals surface area contributed by atoms with E-state index in [1.165, 1.54) is 15.5 Å². The van der Waals surface area contributed by atoms with Crippen LogP contribution in [0.2, 0.25) is 0 Å². The molecule has 2 fully saturated rings. The molecular weight excluding hydrogens is 1120 g/mol. The molecule has 2 aliphatic carbocycles. The Hall–Kier alpha value is -9.24.